The lowest BCUT2D eigenvalue weighted by Crippen LogP contribution is -2.36. The summed E-state index contributed by atoms with van der Waals surface area (Å²) in [5.74, 6) is -0.322. The van der Waals surface area contributed by atoms with E-state index in [1.165, 1.54) is 0 Å². The number of amides is 2. The molecule has 0 spiro atoms. The van der Waals surface area contributed by atoms with Crippen LogP contribution in [0, 0.1) is 0 Å². The van der Waals surface area contributed by atoms with Gasteiger partial charge in [0.2, 0.25) is 0 Å². The van der Waals surface area contributed by atoms with Crippen LogP contribution in [0.2, 0.25) is 0 Å². The highest BCUT2D eigenvalue weighted by molar-refractivity contribution is 8.18. The van der Waals surface area contributed by atoms with Gasteiger partial charge in [-0.3, -0.25) is 14.9 Å². The monoisotopic (exact) mass is 290 g/mol. The Balaban J connectivity index is 1.74. The summed E-state index contributed by atoms with van der Waals surface area (Å²) >= 11 is 0.935. The number of benzene rings is 1. The van der Waals surface area contributed by atoms with Crippen molar-refractivity contribution in [2.24, 2.45) is 0 Å². The fraction of sp³-hybridized carbons (Fsp3) is 0.286. The topological polar surface area (TPSA) is 58.6 Å². The maximum absolute atomic E-state index is 11.5. The summed E-state index contributed by atoms with van der Waals surface area (Å²) in [6, 6.07) is 7.96. The van der Waals surface area contributed by atoms with Gasteiger partial charge in [0, 0.05) is 18.8 Å². The second-order valence-electron chi connectivity index (χ2n) is 4.54. The molecule has 1 N–H and O–H groups in total. The van der Waals surface area contributed by atoms with Crippen molar-refractivity contribution in [1.29, 1.82) is 0 Å². The number of hydrogen-bond acceptors (Lipinski definition) is 5. The van der Waals surface area contributed by atoms with E-state index in [0.717, 1.165) is 49.3 Å². The lowest BCUT2D eigenvalue weighted by atomic mass is 10.1. The molecular weight excluding hydrogens is 276 g/mol. The van der Waals surface area contributed by atoms with Gasteiger partial charge in [0.15, 0.2) is 0 Å². The van der Waals surface area contributed by atoms with Crippen LogP contribution in [-0.4, -0.2) is 37.4 Å². The summed E-state index contributed by atoms with van der Waals surface area (Å²) in [5.41, 5.74) is 2.06. The molecule has 20 heavy (non-hydrogen) atoms. The molecule has 0 aliphatic carbocycles. The quantitative estimate of drug-likeness (QED) is 0.842. The average Bonchev–Trinajstić information content (AvgIpc) is 2.79. The van der Waals surface area contributed by atoms with E-state index in [2.05, 4.69) is 10.2 Å². The number of hydrogen-bond donors (Lipinski definition) is 1. The Bertz CT molecular complexity index is 562. The number of nitrogens with one attached hydrogen (secondary N) is 1. The Morgan fingerprint density at radius 3 is 2.45 bits per heavy atom. The summed E-state index contributed by atoms with van der Waals surface area (Å²) in [5, 5.41) is 1.93. The van der Waals surface area contributed by atoms with Gasteiger partial charge in [0.1, 0.15) is 0 Å². The summed E-state index contributed by atoms with van der Waals surface area (Å²) in [7, 11) is 0. The number of morpholine rings is 1. The van der Waals surface area contributed by atoms with Gasteiger partial charge in [-0.05, 0) is 35.5 Å². The first-order valence-electron chi connectivity index (χ1n) is 6.40. The van der Waals surface area contributed by atoms with Crippen LogP contribution in [-0.2, 0) is 9.53 Å². The van der Waals surface area contributed by atoms with Crippen molar-refractivity contribution >= 4 is 34.7 Å². The largest absolute Gasteiger partial charge is 0.378 e. The van der Waals surface area contributed by atoms with Crippen molar-refractivity contribution in [2.75, 3.05) is 31.2 Å². The van der Waals surface area contributed by atoms with Gasteiger partial charge in [0.25, 0.3) is 11.1 Å². The average molecular weight is 290 g/mol. The van der Waals surface area contributed by atoms with Crippen molar-refractivity contribution in [3.63, 3.8) is 0 Å². The third-order valence-corrected chi connectivity index (χ3v) is 4.02. The minimum atomic E-state index is -0.322. The van der Waals surface area contributed by atoms with Crippen LogP contribution < -0.4 is 10.2 Å². The molecule has 5 nitrogen and oxygen atoms in total. The standard InChI is InChI=1S/C14H14N2O3S/c17-13-12(20-14(18)15-13)9-10-1-3-11(4-2-10)16-5-7-19-8-6-16/h1-4,9H,5-8H2,(H,15,17,18). The second-order valence-corrected chi connectivity index (χ2v) is 5.56. The molecule has 0 aromatic heterocycles. The molecule has 2 fully saturated rings. The van der Waals surface area contributed by atoms with E-state index < -0.39 is 0 Å². The molecule has 104 valence electrons. The number of rotatable bonds is 2. The zero-order valence-corrected chi connectivity index (χ0v) is 11.6. The van der Waals surface area contributed by atoms with Gasteiger partial charge in [-0.1, -0.05) is 12.1 Å². The molecule has 0 atom stereocenters. The van der Waals surface area contributed by atoms with Crippen molar-refractivity contribution in [2.45, 2.75) is 0 Å². The highest BCUT2D eigenvalue weighted by Gasteiger charge is 2.24. The fourth-order valence-electron chi connectivity index (χ4n) is 2.18. The highest BCUT2D eigenvalue weighted by Crippen LogP contribution is 2.26. The number of imide groups is 1. The van der Waals surface area contributed by atoms with Crippen LogP contribution in [0.15, 0.2) is 29.2 Å². The van der Waals surface area contributed by atoms with Crippen LogP contribution in [0.5, 0.6) is 0 Å². The third kappa shape index (κ3) is 2.86. The van der Waals surface area contributed by atoms with Gasteiger partial charge in [-0.2, -0.15) is 0 Å². The van der Waals surface area contributed by atoms with Crippen LogP contribution in [0.4, 0.5) is 10.5 Å². The first kappa shape index (κ1) is 13.2. The summed E-state index contributed by atoms with van der Waals surface area (Å²) in [6.07, 6.45) is 1.73. The van der Waals surface area contributed by atoms with Gasteiger partial charge in [-0.15, -0.1) is 0 Å². The van der Waals surface area contributed by atoms with Crippen molar-refractivity contribution < 1.29 is 14.3 Å². The maximum Gasteiger partial charge on any atom is 0.290 e. The number of carbonyl (C=O) groups excluding carboxylic acids is 2. The molecule has 1 aromatic rings. The molecule has 0 bridgehead atoms. The molecule has 3 rings (SSSR count). The molecule has 2 aliphatic heterocycles. The second kappa shape index (κ2) is 5.68. The Kier molecular flexibility index (Phi) is 3.75. The number of carbonyl (C=O) groups is 2. The van der Waals surface area contributed by atoms with Gasteiger partial charge < -0.3 is 9.64 Å². The fourth-order valence-corrected chi connectivity index (χ4v) is 2.86. The van der Waals surface area contributed by atoms with Crippen LogP contribution in [0.1, 0.15) is 5.56 Å². The molecule has 2 amide bonds. The van der Waals surface area contributed by atoms with E-state index in [1.807, 2.05) is 24.3 Å². The van der Waals surface area contributed by atoms with E-state index in [-0.39, 0.29) is 11.1 Å². The summed E-state index contributed by atoms with van der Waals surface area (Å²) in [6.45, 7) is 3.30. The molecule has 0 unspecified atom stereocenters. The number of thioether (sulfide) groups is 1. The van der Waals surface area contributed by atoms with Crippen molar-refractivity contribution in [3.05, 3.63) is 34.7 Å². The van der Waals surface area contributed by atoms with Gasteiger partial charge in [0.05, 0.1) is 18.1 Å². The van der Waals surface area contributed by atoms with E-state index in [0.29, 0.717) is 4.91 Å². The molecular formula is C14H14N2O3S. The minimum Gasteiger partial charge on any atom is -0.378 e. The van der Waals surface area contributed by atoms with Gasteiger partial charge in [-0.25, -0.2) is 0 Å². The van der Waals surface area contributed by atoms with Gasteiger partial charge >= 0.3 is 0 Å². The molecule has 1 aromatic carbocycles. The molecule has 6 heteroatoms. The van der Waals surface area contributed by atoms with Crippen LogP contribution >= 0.6 is 11.8 Å². The van der Waals surface area contributed by atoms with Crippen LogP contribution in [0.25, 0.3) is 6.08 Å². The lowest BCUT2D eigenvalue weighted by Gasteiger charge is -2.28. The normalized spacial score (nSPS) is 21.4. The molecule has 2 aliphatic rings. The number of ether oxygens (including phenoxy) is 1. The number of anilines is 1. The van der Waals surface area contributed by atoms with Crippen LogP contribution in [0.3, 0.4) is 0 Å². The molecule has 0 radical (unpaired) electrons. The predicted molar refractivity (Wildman–Crippen MR) is 78.6 cm³/mol. The van der Waals surface area contributed by atoms with E-state index in [9.17, 15) is 9.59 Å². The SMILES string of the molecule is O=C1NC(=O)C(=Cc2ccc(N3CCOCC3)cc2)S1. The first-order valence-corrected chi connectivity index (χ1v) is 7.22. The van der Waals surface area contributed by atoms with E-state index in [1.54, 1.807) is 6.08 Å². The lowest BCUT2D eigenvalue weighted by molar-refractivity contribution is -0.115. The Labute approximate surface area is 121 Å². The zero-order chi connectivity index (χ0) is 13.9. The molecule has 0 saturated carbocycles. The molecule has 2 saturated heterocycles. The Morgan fingerprint density at radius 1 is 1.15 bits per heavy atom. The minimum absolute atomic E-state index is 0.314. The third-order valence-electron chi connectivity index (χ3n) is 3.21. The first-order chi connectivity index (χ1) is 9.72. The smallest absolute Gasteiger partial charge is 0.290 e. The summed E-state index contributed by atoms with van der Waals surface area (Å²) in [4.78, 5) is 25.3. The maximum atomic E-state index is 11.5. The predicted octanol–water partition coefficient (Wildman–Crippen LogP) is 1.85. The Morgan fingerprint density at radius 2 is 1.85 bits per heavy atom. The Hall–Kier alpha value is -1.79. The highest BCUT2D eigenvalue weighted by atomic mass is 32.2. The molecule has 2 heterocycles. The van der Waals surface area contributed by atoms with Crippen molar-refractivity contribution in [1.82, 2.24) is 5.32 Å². The van der Waals surface area contributed by atoms with E-state index >= 15 is 0 Å². The summed E-state index contributed by atoms with van der Waals surface area (Å²) < 4.78 is 5.33. The number of nitrogens with zero attached hydrogens (tertiary/aromatic N) is 1. The van der Waals surface area contributed by atoms with Crippen molar-refractivity contribution in [3.8, 4) is 0 Å². The van der Waals surface area contributed by atoms with E-state index in [4.69, 9.17) is 4.74 Å². The zero-order valence-electron chi connectivity index (χ0n) is 10.8.